The Morgan fingerprint density at radius 1 is 0.889 bits per heavy atom. The number of hydrogen-bond donors (Lipinski definition) is 0. The van der Waals surface area contributed by atoms with Gasteiger partial charge in [-0.1, -0.05) is 24.3 Å². The molecule has 0 N–H and O–H groups in total. The molecule has 0 aliphatic rings. The summed E-state index contributed by atoms with van der Waals surface area (Å²) in [6.07, 6.45) is 0. The van der Waals surface area contributed by atoms with Crippen molar-refractivity contribution in [2.45, 2.75) is 13.5 Å². The molecule has 0 saturated carbocycles. The standard InChI is InChI=1S/C15H15FO2/c1-2-17-14-5-3-4-6-15(14)18-11-12-7-9-13(16)10-8-12/h3-10H,2,11H2,1H3. The fraction of sp³-hybridized carbons (Fsp3) is 0.200. The summed E-state index contributed by atoms with van der Waals surface area (Å²) in [6.45, 7) is 2.91. The molecule has 0 aliphatic carbocycles. The molecule has 0 radical (unpaired) electrons. The fourth-order valence-corrected chi connectivity index (χ4v) is 1.59. The van der Waals surface area contributed by atoms with Crippen molar-refractivity contribution in [3.63, 3.8) is 0 Å². The van der Waals surface area contributed by atoms with E-state index in [1.165, 1.54) is 12.1 Å². The van der Waals surface area contributed by atoms with Gasteiger partial charge in [-0.05, 0) is 36.8 Å². The van der Waals surface area contributed by atoms with E-state index in [-0.39, 0.29) is 5.82 Å². The van der Waals surface area contributed by atoms with Crippen molar-refractivity contribution < 1.29 is 13.9 Å². The third kappa shape index (κ3) is 3.23. The van der Waals surface area contributed by atoms with Crippen molar-refractivity contribution in [3.8, 4) is 11.5 Å². The molecule has 0 saturated heterocycles. The van der Waals surface area contributed by atoms with Crippen LogP contribution in [0, 0.1) is 5.82 Å². The number of hydrogen-bond acceptors (Lipinski definition) is 2. The lowest BCUT2D eigenvalue weighted by molar-refractivity contribution is 0.269. The topological polar surface area (TPSA) is 18.5 Å². The molecule has 0 amide bonds. The van der Waals surface area contributed by atoms with Crippen LogP contribution in [0.4, 0.5) is 4.39 Å². The molecule has 2 nitrogen and oxygen atoms in total. The zero-order chi connectivity index (χ0) is 12.8. The minimum absolute atomic E-state index is 0.242. The zero-order valence-corrected chi connectivity index (χ0v) is 10.2. The van der Waals surface area contributed by atoms with Crippen molar-refractivity contribution in [2.75, 3.05) is 6.61 Å². The monoisotopic (exact) mass is 246 g/mol. The van der Waals surface area contributed by atoms with Crippen molar-refractivity contribution in [2.24, 2.45) is 0 Å². The van der Waals surface area contributed by atoms with E-state index in [0.29, 0.717) is 19.0 Å². The van der Waals surface area contributed by atoms with Crippen LogP contribution >= 0.6 is 0 Å². The summed E-state index contributed by atoms with van der Waals surface area (Å²) in [5.74, 6) is 1.18. The molecule has 0 spiro atoms. The highest BCUT2D eigenvalue weighted by Gasteiger charge is 2.03. The maximum Gasteiger partial charge on any atom is 0.161 e. The molecule has 2 aromatic carbocycles. The van der Waals surface area contributed by atoms with Gasteiger partial charge in [0.25, 0.3) is 0 Å². The number of benzene rings is 2. The van der Waals surface area contributed by atoms with Crippen molar-refractivity contribution in [3.05, 3.63) is 59.9 Å². The Kier molecular flexibility index (Phi) is 4.18. The van der Waals surface area contributed by atoms with Crippen LogP contribution in [-0.2, 0) is 6.61 Å². The Balaban J connectivity index is 2.03. The molecule has 0 aromatic heterocycles. The molecule has 0 heterocycles. The maximum atomic E-state index is 12.8. The van der Waals surface area contributed by atoms with Gasteiger partial charge in [0.1, 0.15) is 12.4 Å². The molecular weight excluding hydrogens is 231 g/mol. The predicted octanol–water partition coefficient (Wildman–Crippen LogP) is 3.80. The second kappa shape index (κ2) is 6.05. The summed E-state index contributed by atoms with van der Waals surface area (Å²) in [5.41, 5.74) is 0.919. The SMILES string of the molecule is CCOc1ccccc1OCc1ccc(F)cc1. The van der Waals surface area contributed by atoms with Gasteiger partial charge in [0.2, 0.25) is 0 Å². The van der Waals surface area contributed by atoms with Crippen molar-refractivity contribution >= 4 is 0 Å². The van der Waals surface area contributed by atoms with E-state index < -0.39 is 0 Å². The summed E-state index contributed by atoms with van der Waals surface area (Å²) in [4.78, 5) is 0. The predicted molar refractivity (Wildman–Crippen MR) is 68.3 cm³/mol. The van der Waals surface area contributed by atoms with Crippen LogP contribution in [0.5, 0.6) is 11.5 Å². The van der Waals surface area contributed by atoms with E-state index in [9.17, 15) is 4.39 Å². The van der Waals surface area contributed by atoms with Crippen molar-refractivity contribution in [1.29, 1.82) is 0 Å². The van der Waals surface area contributed by atoms with Crippen LogP contribution in [0.25, 0.3) is 0 Å². The Morgan fingerprint density at radius 2 is 1.50 bits per heavy atom. The average Bonchev–Trinajstić information content (AvgIpc) is 2.40. The Morgan fingerprint density at radius 3 is 2.11 bits per heavy atom. The minimum Gasteiger partial charge on any atom is -0.490 e. The Bertz CT molecular complexity index is 494. The first-order valence-electron chi connectivity index (χ1n) is 5.88. The van der Waals surface area contributed by atoms with Crippen LogP contribution in [0.1, 0.15) is 12.5 Å². The average molecular weight is 246 g/mol. The number of para-hydroxylation sites is 2. The van der Waals surface area contributed by atoms with Crippen LogP contribution < -0.4 is 9.47 Å². The Hall–Kier alpha value is -2.03. The summed E-state index contributed by atoms with van der Waals surface area (Å²) in [7, 11) is 0. The minimum atomic E-state index is -0.242. The van der Waals surface area contributed by atoms with Gasteiger partial charge in [-0.15, -0.1) is 0 Å². The van der Waals surface area contributed by atoms with Crippen LogP contribution in [0.3, 0.4) is 0 Å². The highest BCUT2D eigenvalue weighted by Crippen LogP contribution is 2.27. The summed E-state index contributed by atoms with van der Waals surface area (Å²) in [6, 6.07) is 13.8. The molecule has 0 bridgehead atoms. The summed E-state index contributed by atoms with van der Waals surface area (Å²) >= 11 is 0. The molecule has 2 rings (SSSR count). The lowest BCUT2D eigenvalue weighted by atomic mass is 10.2. The van der Waals surface area contributed by atoms with Crippen molar-refractivity contribution in [1.82, 2.24) is 0 Å². The van der Waals surface area contributed by atoms with Crippen LogP contribution in [-0.4, -0.2) is 6.61 Å². The molecule has 0 fully saturated rings. The third-order valence-corrected chi connectivity index (χ3v) is 2.46. The van der Waals surface area contributed by atoms with Gasteiger partial charge in [-0.25, -0.2) is 4.39 Å². The largest absolute Gasteiger partial charge is 0.490 e. The first-order chi connectivity index (χ1) is 8.79. The molecule has 0 atom stereocenters. The quantitative estimate of drug-likeness (QED) is 0.798. The third-order valence-electron chi connectivity index (χ3n) is 2.46. The highest BCUT2D eigenvalue weighted by atomic mass is 19.1. The molecule has 0 unspecified atom stereocenters. The number of ether oxygens (including phenoxy) is 2. The van der Waals surface area contributed by atoms with Gasteiger partial charge in [0, 0.05) is 0 Å². The Labute approximate surface area is 106 Å². The van der Waals surface area contributed by atoms with Crippen LogP contribution in [0.15, 0.2) is 48.5 Å². The van der Waals surface area contributed by atoms with Gasteiger partial charge < -0.3 is 9.47 Å². The smallest absolute Gasteiger partial charge is 0.161 e. The van der Waals surface area contributed by atoms with E-state index in [1.54, 1.807) is 12.1 Å². The molecule has 0 aliphatic heterocycles. The second-order valence-corrected chi connectivity index (χ2v) is 3.79. The first-order valence-corrected chi connectivity index (χ1v) is 5.88. The highest BCUT2D eigenvalue weighted by molar-refractivity contribution is 5.39. The first kappa shape index (κ1) is 12.4. The van der Waals surface area contributed by atoms with Gasteiger partial charge >= 0.3 is 0 Å². The van der Waals surface area contributed by atoms with E-state index in [4.69, 9.17) is 9.47 Å². The van der Waals surface area contributed by atoms with E-state index >= 15 is 0 Å². The lowest BCUT2D eigenvalue weighted by Gasteiger charge is -2.11. The maximum absolute atomic E-state index is 12.8. The zero-order valence-electron chi connectivity index (χ0n) is 10.2. The normalized spacial score (nSPS) is 10.1. The molecule has 3 heteroatoms. The van der Waals surface area contributed by atoms with E-state index in [1.807, 2.05) is 31.2 Å². The number of rotatable bonds is 5. The molecular formula is C15H15FO2. The summed E-state index contributed by atoms with van der Waals surface area (Å²) in [5, 5.41) is 0. The molecule has 18 heavy (non-hydrogen) atoms. The number of halogens is 1. The van der Waals surface area contributed by atoms with Gasteiger partial charge in [0.15, 0.2) is 11.5 Å². The molecule has 2 aromatic rings. The van der Waals surface area contributed by atoms with Gasteiger partial charge in [-0.3, -0.25) is 0 Å². The van der Waals surface area contributed by atoms with Gasteiger partial charge in [-0.2, -0.15) is 0 Å². The van der Waals surface area contributed by atoms with E-state index in [0.717, 1.165) is 11.3 Å². The fourth-order valence-electron chi connectivity index (χ4n) is 1.59. The molecule has 94 valence electrons. The lowest BCUT2D eigenvalue weighted by Crippen LogP contribution is -1.99. The summed E-state index contributed by atoms with van der Waals surface area (Å²) < 4.78 is 23.9. The van der Waals surface area contributed by atoms with Gasteiger partial charge in [0.05, 0.1) is 6.61 Å². The second-order valence-electron chi connectivity index (χ2n) is 3.79. The van der Waals surface area contributed by atoms with Crippen LogP contribution in [0.2, 0.25) is 0 Å². The van der Waals surface area contributed by atoms with E-state index in [2.05, 4.69) is 0 Å².